The van der Waals surface area contributed by atoms with Crippen molar-refractivity contribution in [3.63, 3.8) is 0 Å². The van der Waals surface area contributed by atoms with Gasteiger partial charge in [0.1, 0.15) is 18.3 Å². The molecule has 7 heteroatoms. The van der Waals surface area contributed by atoms with Gasteiger partial charge in [-0.3, -0.25) is 14.3 Å². The lowest BCUT2D eigenvalue weighted by molar-refractivity contribution is -0.120. The number of aromatic nitrogens is 2. The lowest BCUT2D eigenvalue weighted by Crippen LogP contribution is -2.33. The third-order valence-corrected chi connectivity index (χ3v) is 6.02. The number of para-hydroxylation sites is 2. The minimum Gasteiger partial charge on any atom is -0.490 e. The molecule has 2 aliphatic heterocycles. The minimum absolute atomic E-state index is 0.0201. The summed E-state index contributed by atoms with van der Waals surface area (Å²) in [5, 5.41) is 4.69. The Morgan fingerprint density at radius 2 is 1.83 bits per heavy atom. The van der Waals surface area contributed by atoms with E-state index in [1.165, 1.54) is 0 Å². The molecule has 2 amide bonds. The molecule has 2 N–H and O–H groups in total. The summed E-state index contributed by atoms with van der Waals surface area (Å²) in [6, 6.07) is 17.4. The van der Waals surface area contributed by atoms with Gasteiger partial charge in [0.2, 0.25) is 5.91 Å². The minimum atomic E-state index is -0.709. The van der Waals surface area contributed by atoms with Crippen LogP contribution in [0.25, 0.3) is 0 Å². The van der Waals surface area contributed by atoms with Crippen molar-refractivity contribution in [1.29, 1.82) is 0 Å². The molecule has 30 heavy (non-hydrogen) atoms. The number of benzene rings is 2. The Labute approximate surface area is 174 Å². The third kappa shape index (κ3) is 2.77. The number of carbonyl (C=O) groups excluding carboxylic acids is 2. The summed E-state index contributed by atoms with van der Waals surface area (Å²) in [7, 11) is 1.71. The van der Waals surface area contributed by atoms with Crippen molar-refractivity contribution in [2.24, 2.45) is 5.73 Å². The zero-order valence-electron chi connectivity index (χ0n) is 16.6. The molecule has 1 aromatic heterocycles. The maximum absolute atomic E-state index is 13.3. The molecular formula is C23H22N4O3. The maximum Gasteiger partial charge on any atom is 0.252 e. The highest BCUT2D eigenvalue weighted by atomic mass is 16.5. The molecular weight excluding hydrogens is 380 g/mol. The SMILES string of the molecule is CN1C(=O)[C@@H](c2nn3c(c2C(N)=O)C(c2ccccc2)CC3)COc2ccccc21. The summed E-state index contributed by atoms with van der Waals surface area (Å²) < 4.78 is 7.77. The number of hydrogen-bond acceptors (Lipinski definition) is 4. The van der Waals surface area contributed by atoms with Crippen molar-refractivity contribution in [3.8, 4) is 5.75 Å². The van der Waals surface area contributed by atoms with Gasteiger partial charge in [0.25, 0.3) is 5.91 Å². The van der Waals surface area contributed by atoms with E-state index < -0.39 is 11.8 Å². The zero-order valence-corrected chi connectivity index (χ0v) is 16.6. The molecule has 2 aromatic carbocycles. The number of carbonyl (C=O) groups is 2. The van der Waals surface area contributed by atoms with Crippen LogP contribution >= 0.6 is 0 Å². The van der Waals surface area contributed by atoms with Gasteiger partial charge < -0.3 is 15.4 Å². The Morgan fingerprint density at radius 1 is 1.10 bits per heavy atom. The number of amides is 2. The van der Waals surface area contributed by atoms with Crippen LogP contribution in [0.4, 0.5) is 5.69 Å². The Balaban J connectivity index is 1.60. The van der Waals surface area contributed by atoms with Gasteiger partial charge in [-0.2, -0.15) is 5.10 Å². The molecule has 5 rings (SSSR count). The van der Waals surface area contributed by atoms with Gasteiger partial charge in [-0.25, -0.2) is 0 Å². The van der Waals surface area contributed by atoms with E-state index in [0.717, 1.165) is 17.7 Å². The first-order chi connectivity index (χ1) is 14.6. The predicted octanol–water partition coefficient (Wildman–Crippen LogP) is 2.66. The molecule has 152 valence electrons. The Hall–Kier alpha value is -3.61. The van der Waals surface area contributed by atoms with Gasteiger partial charge >= 0.3 is 0 Å². The standard InChI is InChI=1S/C23H22N4O3/c1-26-17-9-5-6-10-18(17)30-13-16(23(26)29)20-19(22(24)28)21-15(11-12-27(21)25-20)14-7-3-2-4-8-14/h2-10,15-16H,11-13H2,1H3,(H2,24,28)/t15?,16-/m1/s1. The van der Waals surface area contributed by atoms with Crippen LogP contribution < -0.4 is 15.4 Å². The first-order valence-electron chi connectivity index (χ1n) is 10.0. The Kier molecular flexibility index (Phi) is 4.31. The molecule has 0 saturated carbocycles. The van der Waals surface area contributed by atoms with Crippen molar-refractivity contribution in [3.05, 3.63) is 77.1 Å². The smallest absolute Gasteiger partial charge is 0.252 e. The molecule has 0 radical (unpaired) electrons. The van der Waals surface area contributed by atoms with Gasteiger partial charge in [-0.05, 0) is 24.1 Å². The fourth-order valence-corrected chi connectivity index (χ4v) is 4.56. The van der Waals surface area contributed by atoms with Crippen molar-refractivity contribution < 1.29 is 14.3 Å². The second kappa shape index (κ2) is 7.02. The second-order valence-electron chi connectivity index (χ2n) is 7.71. The molecule has 2 atom stereocenters. The molecule has 0 fully saturated rings. The van der Waals surface area contributed by atoms with Crippen LogP contribution in [-0.4, -0.2) is 35.2 Å². The van der Waals surface area contributed by atoms with Crippen molar-refractivity contribution >= 4 is 17.5 Å². The van der Waals surface area contributed by atoms with Crippen LogP contribution in [0.5, 0.6) is 5.75 Å². The summed E-state index contributed by atoms with van der Waals surface area (Å²) in [6.07, 6.45) is 0.841. The molecule has 3 aromatic rings. The molecule has 3 heterocycles. The van der Waals surface area contributed by atoms with Crippen LogP contribution in [-0.2, 0) is 11.3 Å². The Morgan fingerprint density at radius 3 is 2.60 bits per heavy atom. The first-order valence-corrected chi connectivity index (χ1v) is 10.0. The Bertz CT molecular complexity index is 1140. The first kappa shape index (κ1) is 18.4. The number of primary amides is 1. The highest BCUT2D eigenvalue weighted by molar-refractivity contribution is 6.03. The van der Waals surface area contributed by atoms with Crippen molar-refractivity contribution in [2.45, 2.75) is 24.8 Å². The van der Waals surface area contributed by atoms with Crippen molar-refractivity contribution in [2.75, 3.05) is 18.6 Å². The predicted molar refractivity (Wildman–Crippen MR) is 112 cm³/mol. The van der Waals surface area contributed by atoms with Gasteiger partial charge in [0.15, 0.2) is 0 Å². The zero-order chi connectivity index (χ0) is 20.8. The van der Waals surface area contributed by atoms with E-state index in [1.807, 2.05) is 59.3 Å². The molecule has 1 unspecified atom stereocenters. The lowest BCUT2D eigenvalue weighted by atomic mass is 9.89. The van der Waals surface area contributed by atoms with E-state index >= 15 is 0 Å². The van der Waals surface area contributed by atoms with Crippen LogP contribution in [0, 0.1) is 0 Å². The van der Waals surface area contributed by atoms with Crippen LogP contribution in [0.2, 0.25) is 0 Å². The van der Waals surface area contributed by atoms with E-state index in [0.29, 0.717) is 29.2 Å². The summed E-state index contributed by atoms with van der Waals surface area (Å²) in [4.78, 5) is 27.4. The molecule has 0 saturated heterocycles. The lowest BCUT2D eigenvalue weighted by Gasteiger charge is -2.19. The summed E-state index contributed by atoms with van der Waals surface area (Å²) >= 11 is 0. The average molecular weight is 402 g/mol. The average Bonchev–Trinajstić information content (AvgIpc) is 3.30. The normalized spacial score (nSPS) is 20.3. The quantitative estimate of drug-likeness (QED) is 0.729. The molecule has 0 aliphatic carbocycles. The van der Waals surface area contributed by atoms with Gasteiger partial charge in [-0.15, -0.1) is 0 Å². The van der Waals surface area contributed by atoms with Crippen molar-refractivity contribution in [1.82, 2.24) is 9.78 Å². The number of ether oxygens (including phenoxy) is 1. The number of aryl methyl sites for hydroxylation is 1. The van der Waals surface area contributed by atoms with Gasteiger partial charge in [-0.1, -0.05) is 42.5 Å². The molecule has 7 nitrogen and oxygen atoms in total. The number of nitrogens with two attached hydrogens (primary N) is 1. The van der Waals surface area contributed by atoms with E-state index in [-0.39, 0.29) is 18.4 Å². The van der Waals surface area contributed by atoms with E-state index in [9.17, 15) is 9.59 Å². The largest absolute Gasteiger partial charge is 0.490 e. The number of anilines is 1. The second-order valence-corrected chi connectivity index (χ2v) is 7.71. The fraction of sp³-hybridized carbons (Fsp3) is 0.261. The molecule has 0 spiro atoms. The van der Waals surface area contributed by atoms with Gasteiger partial charge in [0.05, 0.1) is 22.6 Å². The van der Waals surface area contributed by atoms with Crippen LogP contribution in [0.15, 0.2) is 54.6 Å². The molecule has 0 bridgehead atoms. The topological polar surface area (TPSA) is 90.5 Å². The molecule has 2 aliphatic rings. The van der Waals surface area contributed by atoms with Gasteiger partial charge in [0, 0.05) is 19.5 Å². The van der Waals surface area contributed by atoms with Crippen LogP contribution in [0.1, 0.15) is 45.6 Å². The van der Waals surface area contributed by atoms with E-state index in [1.54, 1.807) is 11.9 Å². The summed E-state index contributed by atoms with van der Waals surface area (Å²) in [5.41, 5.74) is 9.18. The summed E-state index contributed by atoms with van der Waals surface area (Å²) in [6.45, 7) is 0.778. The van der Waals surface area contributed by atoms with E-state index in [2.05, 4.69) is 5.10 Å². The number of likely N-dealkylation sites (N-methyl/N-ethyl adjacent to an activating group) is 1. The third-order valence-electron chi connectivity index (χ3n) is 6.02. The fourth-order valence-electron chi connectivity index (χ4n) is 4.56. The monoisotopic (exact) mass is 402 g/mol. The maximum atomic E-state index is 13.3. The number of hydrogen-bond donors (Lipinski definition) is 1. The summed E-state index contributed by atoms with van der Waals surface area (Å²) in [5.74, 6) is -0.793. The highest BCUT2D eigenvalue weighted by Gasteiger charge is 2.40. The number of fused-ring (bicyclic) bond motifs is 2. The number of nitrogens with zero attached hydrogens (tertiary/aromatic N) is 3. The van der Waals surface area contributed by atoms with Crippen LogP contribution in [0.3, 0.4) is 0 Å². The highest BCUT2D eigenvalue weighted by Crippen LogP contribution is 2.41. The van der Waals surface area contributed by atoms with E-state index in [4.69, 9.17) is 10.5 Å². The number of rotatable bonds is 3.